The highest BCUT2D eigenvalue weighted by molar-refractivity contribution is 6.32. The van der Waals surface area contributed by atoms with Crippen LogP contribution in [0.2, 0.25) is 5.02 Å². The van der Waals surface area contributed by atoms with E-state index in [1.54, 1.807) is 6.20 Å². The number of nitrogens with zero attached hydrogens (tertiary/aromatic N) is 2. The van der Waals surface area contributed by atoms with Crippen LogP contribution in [0.15, 0.2) is 18.3 Å². The predicted octanol–water partition coefficient (Wildman–Crippen LogP) is 2.31. The molecule has 1 aliphatic heterocycles. The van der Waals surface area contributed by atoms with Gasteiger partial charge in [0.2, 0.25) is 0 Å². The number of rotatable bonds is 2. The molecule has 2 heterocycles. The van der Waals surface area contributed by atoms with E-state index in [4.69, 9.17) is 11.6 Å². The third kappa shape index (κ3) is 2.30. The second-order valence-corrected chi connectivity index (χ2v) is 5.01. The fourth-order valence-electron chi connectivity index (χ4n) is 2.07. The zero-order valence-corrected chi connectivity index (χ0v) is 10.6. The van der Waals surface area contributed by atoms with Crippen LogP contribution in [0, 0.1) is 0 Å². The maximum absolute atomic E-state index is 6.14. The molecule has 0 spiro atoms. The lowest BCUT2D eigenvalue weighted by molar-refractivity contribution is 0.304. The summed E-state index contributed by atoms with van der Waals surface area (Å²) >= 11 is 6.14. The SMILES string of the molecule is CNC1(C)CCN(c2ncccc2Cl)CC1. The second kappa shape index (κ2) is 4.60. The van der Waals surface area contributed by atoms with Crippen LogP contribution in [0.25, 0.3) is 0 Å². The van der Waals surface area contributed by atoms with Gasteiger partial charge in [0.05, 0.1) is 5.02 Å². The van der Waals surface area contributed by atoms with Gasteiger partial charge in [-0.3, -0.25) is 0 Å². The predicted molar refractivity (Wildman–Crippen MR) is 68.2 cm³/mol. The van der Waals surface area contributed by atoms with Crippen LogP contribution in [-0.2, 0) is 0 Å². The lowest BCUT2D eigenvalue weighted by atomic mass is 9.90. The minimum Gasteiger partial charge on any atom is -0.355 e. The number of anilines is 1. The number of piperidine rings is 1. The Bertz CT molecular complexity index is 359. The van der Waals surface area contributed by atoms with Crippen molar-refractivity contribution in [3.05, 3.63) is 23.4 Å². The van der Waals surface area contributed by atoms with E-state index in [2.05, 4.69) is 22.1 Å². The van der Waals surface area contributed by atoms with Crippen molar-refractivity contribution in [2.24, 2.45) is 0 Å². The van der Waals surface area contributed by atoms with Gasteiger partial charge in [0.15, 0.2) is 0 Å². The largest absolute Gasteiger partial charge is 0.355 e. The third-order valence-electron chi connectivity index (χ3n) is 3.51. The zero-order chi connectivity index (χ0) is 11.6. The highest BCUT2D eigenvalue weighted by atomic mass is 35.5. The summed E-state index contributed by atoms with van der Waals surface area (Å²) in [5.74, 6) is 0.919. The van der Waals surface area contributed by atoms with Gasteiger partial charge in [-0.25, -0.2) is 4.98 Å². The Labute approximate surface area is 102 Å². The molecule has 1 N–H and O–H groups in total. The normalized spacial score (nSPS) is 19.8. The Morgan fingerprint density at radius 1 is 1.44 bits per heavy atom. The van der Waals surface area contributed by atoms with Gasteiger partial charge in [0, 0.05) is 24.8 Å². The first-order valence-electron chi connectivity index (χ1n) is 5.69. The van der Waals surface area contributed by atoms with Gasteiger partial charge in [0.25, 0.3) is 0 Å². The van der Waals surface area contributed by atoms with Crippen molar-refractivity contribution >= 4 is 17.4 Å². The Morgan fingerprint density at radius 2 is 2.12 bits per heavy atom. The van der Waals surface area contributed by atoms with Crippen LogP contribution in [0.1, 0.15) is 19.8 Å². The van der Waals surface area contributed by atoms with E-state index in [1.807, 2.05) is 19.2 Å². The van der Waals surface area contributed by atoms with E-state index in [9.17, 15) is 0 Å². The maximum Gasteiger partial charge on any atom is 0.147 e. The number of hydrogen-bond acceptors (Lipinski definition) is 3. The monoisotopic (exact) mass is 239 g/mol. The fraction of sp³-hybridized carbons (Fsp3) is 0.583. The molecular weight excluding hydrogens is 222 g/mol. The Hall–Kier alpha value is -0.800. The fourth-order valence-corrected chi connectivity index (χ4v) is 2.31. The van der Waals surface area contributed by atoms with Crippen molar-refractivity contribution in [2.75, 3.05) is 25.0 Å². The van der Waals surface area contributed by atoms with Gasteiger partial charge in [0.1, 0.15) is 5.82 Å². The first-order valence-corrected chi connectivity index (χ1v) is 6.07. The summed E-state index contributed by atoms with van der Waals surface area (Å²) in [4.78, 5) is 6.61. The topological polar surface area (TPSA) is 28.2 Å². The van der Waals surface area contributed by atoms with Crippen molar-refractivity contribution < 1.29 is 0 Å². The first-order chi connectivity index (χ1) is 7.64. The summed E-state index contributed by atoms with van der Waals surface area (Å²) < 4.78 is 0. The summed E-state index contributed by atoms with van der Waals surface area (Å²) in [6, 6.07) is 3.77. The lowest BCUT2D eigenvalue weighted by Crippen LogP contribution is -2.50. The molecule has 0 radical (unpaired) electrons. The summed E-state index contributed by atoms with van der Waals surface area (Å²) in [6.45, 7) is 4.28. The zero-order valence-electron chi connectivity index (χ0n) is 9.83. The minimum absolute atomic E-state index is 0.262. The molecule has 1 fully saturated rings. The smallest absolute Gasteiger partial charge is 0.147 e. The molecule has 1 aliphatic rings. The van der Waals surface area contributed by atoms with Crippen molar-refractivity contribution in [3.63, 3.8) is 0 Å². The molecule has 88 valence electrons. The van der Waals surface area contributed by atoms with Gasteiger partial charge >= 0.3 is 0 Å². The molecule has 0 atom stereocenters. The number of pyridine rings is 1. The Balaban J connectivity index is 2.07. The Kier molecular flexibility index (Phi) is 3.36. The average molecular weight is 240 g/mol. The van der Waals surface area contributed by atoms with Gasteiger partial charge in [-0.2, -0.15) is 0 Å². The second-order valence-electron chi connectivity index (χ2n) is 4.61. The van der Waals surface area contributed by atoms with Crippen LogP contribution in [0.4, 0.5) is 5.82 Å². The van der Waals surface area contributed by atoms with Gasteiger partial charge in [-0.1, -0.05) is 11.6 Å². The molecular formula is C12H18ClN3. The van der Waals surface area contributed by atoms with Crippen LogP contribution < -0.4 is 10.2 Å². The molecule has 0 unspecified atom stereocenters. The molecule has 0 amide bonds. The molecule has 0 aromatic carbocycles. The molecule has 0 aliphatic carbocycles. The summed E-state index contributed by atoms with van der Waals surface area (Å²) in [6.07, 6.45) is 4.04. The summed E-state index contributed by atoms with van der Waals surface area (Å²) in [5, 5.41) is 4.13. The average Bonchev–Trinajstić information content (AvgIpc) is 2.31. The minimum atomic E-state index is 0.262. The highest BCUT2D eigenvalue weighted by Crippen LogP contribution is 2.28. The lowest BCUT2D eigenvalue weighted by Gasteiger charge is -2.40. The van der Waals surface area contributed by atoms with Gasteiger partial charge in [-0.15, -0.1) is 0 Å². The highest BCUT2D eigenvalue weighted by Gasteiger charge is 2.29. The van der Waals surface area contributed by atoms with Gasteiger partial charge < -0.3 is 10.2 Å². The molecule has 3 nitrogen and oxygen atoms in total. The third-order valence-corrected chi connectivity index (χ3v) is 3.80. The Morgan fingerprint density at radius 3 is 2.69 bits per heavy atom. The molecule has 0 bridgehead atoms. The first kappa shape index (κ1) is 11.7. The molecule has 1 saturated heterocycles. The summed E-state index contributed by atoms with van der Waals surface area (Å²) in [7, 11) is 2.03. The van der Waals surface area contributed by atoms with E-state index in [1.165, 1.54) is 0 Å². The van der Waals surface area contributed by atoms with Gasteiger partial charge in [-0.05, 0) is 38.9 Å². The van der Waals surface area contributed by atoms with E-state index >= 15 is 0 Å². The van der Waals surface area contributed by atoms with Crippen LogP contribution in [-0.4, -0.2) is 30.7 Å². The van der Waals surface area contributed by atoms with Crippen molar-refractivity contribution in [1.29, 1.82) is 0 Å². The van der Waals surface area contributed by atoms with Crippen LogP contribution in [0.3, 0.4) is 0 Å². The molecule has 1 aromatic heterocycles. The quantitative estimate of drug-likeness (QED) is 0.859. The number of halogens is 1. The molecule has 2 rings (SSSR count). The summed E-state index contributed by atoms with van der Waals surface area (Å²) in [5.41, 5.74) is 0.262. The van der Waals surface area contributed by atoms with E-state index in [-0.39, 0.29) is 5.54 Å². The maximum atomic E-state index is 6.14. The van der Waals surface area contributed by atoms with Crippen molar-refractivity contribution in [2.45, 2.75) is 25.3 Å². The van der Waals surface area contributed by atoms with Crippen molar-refractivity contribution in [3.8, 4) is 0 Å². The number of hydrogen-bond donors (Lipinski definition) is 1. The number of aromatic nitrogens is 1. The molecule has 16 heavy (non-hydrogen) atoms. The van der Waals surface area contributed by atoms with Crippen molar-refractivity contribution in [1.82, 2.24) is 10.3 Å². The molecule has 0 saturated carbocycles. The molecule has 1 aromatic rings. The van der Waals surface area contributed by atoms with E-state index < -0.39 is 0 Å². The van der Waals surface area contributed by atoms with Crippen LogP contribution in [0.5, 0.6) is 0 Å². The standard InChI is InChI=1S/C12H18ClN3/c1-12(14-2)5-8-16(9-6-12)11-10(13)4-3-7-15-11/h3-4,7,14H,5-6,8-9H2,1-2H3. The van der Waals surface area contributed by atoms with E-state index in [0.29, 0.717) is 0 Å². The molecule has 4 heteroatoms. The van der Waals surface area contributed by atoms with E-state index in [0.717, 1.165) is 36.8 Å². The number of nitrogens with one attached hydrogen (secondary N) is 1. The van der Waals surface area contributed by atoms with Crippen LogP contribution >= 0.6 is 11.6 Å².